The van der Waals surface area contributed by atoms with Crippen LogP contribution >= 0.6 is 23.2 Å². The summed E-state index contributed by atoms with van der Waals surface area (Å²) in [7, 11) is 0. The highest BCUT2D eigenvalue weighted by Gasteiger charge is 2.13. The van der Waals surface area contributed by atoms with Gasteiger partial charge in [-0.3, -0.25) is 0 Å². The molecule has 0 amide bonds. The van der Waals surface area contributed by atoms with Gasteiger partial charge in [0.1, 0.15) is 12.0 Å². The van der Waals surface area contributed by atoms with Crippen LogP contribution in [0.5, 0.6) is 0 Å². The number of aromatic nitrogens is 2. The second-order valence-electron chi connectivity index (χ2n) is 5.71. The Labute approximate surface area is 139 Å². The van der Waals surface area contributed by atoms with E-state index >= 15 is 0 Å². The first-order valence-electron chi connectivity index (χ1n) is 6.62. The molecule has 5 N–H and O–H groups in total. The monoisotopic (exact) mass is 340 g/mol. The normalized spacial score (nSPS) is 11.3. The Hall–Kier alpha value is -1.76. The number of nitrogens with zero attached hydrogens (tertiary/aromatic N) is 2. The molecule has 0 aliphatic carbocycles. The lowest BCUT2D eigenvalue weighted by Gasteiger charge is -2.22. The zero-order chi connectivity index (χ0) is 16.3. The van der Waals surface area contributed by atoms with Crippen LogP contribution in [0.25, 0.3) is 0 Å². The molecule has 0 aliphatic rings. The van der Waals surface area contributed by atoms with Crippen molar-refractivity contribution in [1.29, 1.82) is 0 Å². The van der Waals surface area contributed by atoms with Crippen molar-refractivity contribution >= 4 is 46.2 Å². The van der Waals surface area contributed by atoms with Crippen LogP contribution in [-0.2, 0) is 0 Å². The van der Waals surface area contributed by atoms with Gasteiger partial charge in [-0.1, -0.05) is 29.3 Å². The molecular weight excluding hydrogens is 323 g/mol. The number of hydrazine groups is 1. The molecule has 118 valence electrons. The third kappa shape index (κ3) is 4.13. The summed E-state index contributed by atoms with van der Waals surface area (Å²) in [4.78, 5) is 8.25. The number of benzene rings is 1. The largest absolute Gasteiger partial charge is 0.393 e. The van der Waals surface area contributed by atoms with E-state index in [1.54, 1.807) is 18.2 Å². The van der Waals surface area contributed by atoms with Gasteiger partial charge < -0.3 is 16.5 Å². The summed E-state index contributed by atoms with van der Waals surface area (Å²) in [6.07, 6.45) is 1.41. The van der Waals surface area contributed by atoms with Gasteiger partial charge in [-0.15, -0.1) is 0 Å². The van der Waals surface area contributed by atoms with E-state index in [0.29, 0.717) is 33.1 Å². The molecule has 1 heterocycles. The first-order valence-corrected chi connectivity index (χ1v) is 7.38. The topological polar surface area (TPSA) is 87.9 Å². The molecule has 0 spiro atoms. The molecule has 8 heteroatoms. The number of rotatable bonds is 4. The van der Waals surface area contributed by atoms with Crippen LogP contribution in [0.2, 0.25) is 10.0 Å². The van der Waals surface area contributed by atoms with Gasteiger partial charge in [-0.2, -0.15) is 0 Å². The maximum Gasteiger partial charge on any atom is 0.169 e. The predicted octanol–water partition coefficient (Wildman–Crippen LogP) is 3.82. The van der Waals surface area contributed by atoms with Gasteiger partial charge in [-0.05, 0) is 32.9 Å². The average molecular weight is 341 g/mol. The van der Waals surface area contributed by atoms with Crippen molar-refractivity contribution in [3.05, 3.63) is 34.6 Å². The van der Waals surface area contributed by atoms with Crippen LogP contribution in [-0.4, -0.2) is 15.5 Å². The summed E-state index contributed by atoms with van der Waals surface area (Å²) in [6.45, 7) is 6.05. The number of nitrogens with two attached hydrogens (primary N) is 1. The van der Waals surface area contributed by atoms with Gasteiger partial charge in [0.15, 0.2) is 11.6 Å². The van der Waals surface area contributed by atoms with Gasteiger partial charge in [0.25, 0.3) is 0 Å². The van der Waals surface area contributed by atoms with Crippen LogP contribution in [0.3, 0.4) is 0 Å². The van der Waals surface area contributed by atoms with E-state index in [1.807, 2.05) is 20.8 Å². The number of hydrogen-bond acceptors (Lipinski definition) is 6. The molecule has 0 bridgehead atoms. The minimum absolute atomic E-state index is 0.138. The Morgan fingerprint density at radius 3 is 2.45 bits per heavy atom. The Morgan fingerprint density at radius 1 is 1.09 bits per heavy atom. The summed E-state index contributed by atoms with van der Waals surface area (Å²) >= 11 is 12.1. The average Bonchev–Trinajstić information content (AvgIpc) is 2.44. The van der Waals surface area contributed by atoms with Crippen molar-refractivity contribution in [2.75, 3.05) is 16.5 Å². The van der Waals surface area contributed by atoms with Crippen molar-refractivity contribution in [3.8, 4) is 0 Å². The third-order valence-corrected chi connectivity index (χ3v) is 3.46. The lowest BCUT2D eigenvalue weighted by atomic mass is 10.1. The van der Waals surface area contributed by atoms with E-state index in [4.69, 9.17) is 28.9 Å². The number of nitrogen functional groups attached to an aromatic ring is 1. The summed E-state index contributed by atoms with van der Waals surface area (Å²) < 4.78 is 0. The molecule has 0 aliphatic heterocycles. The number of nitrogens with one attached hydrogen (secondary N) is 3. The molecule has 6 nitrogen and oxygen atoms in total. The molecule has 0 fully saturated rings. The molecule has 22 heavy (non-hydrogen) atoms. The lowest BCUT2D eigenvalue weighted by molar-refractivity contribution is 0.464. The fourth-order valence-corrected chi connectivity index (χ4v) is 1.92. The third-order valence-electron chi connectivity index (χ3n) is 2.64. The van der Waals surface area contributed by atoms with Crippen molar-refractivity contribution in [1.82, 2.24) is 15.4 Å². The highest BCUT2D eigenvalue weighted by atomic mass is 35.5. The quantitative estimate of drug-likeness (QED) is 0.632. The first-order chi connectivity index (χ1) is 10.3. The van der Waals surface area contributed by atoms with Crippen molar-refractivity contribution < 1.29 is 0 Å². The molecule has 1 aromatic carbocycles. The minimum atomic E-state index is -0.138. The van der Waals surface area contributed by atoms with Crippen LogP contribution in [0.15, 0.2) is 24.5 Å². The summed E-state index contributed by atoms with van der Waals surface area (Å²) in [5.74, 6) is 0.919. The zero-order valence-electron chi connectivity index (χ0n) is 12.5. The maximum absolute atomic E-state index is 6.15. The second kappa shape index (κ2) is 6.56. The molecule has 0 saturated carbocycles. The molecule has 2 rings (SSSR count). The molecule has 0 atom stereocenters. The van der Waals surface area contributed by atoms with Crippen LogP contribution in [0.1, 0.15) is 20.8 Å². The van der Waals surface area contributed by atoms with Crippen LogP contribution in [0.4, 0.5) is 23.0 Å². The first kappa shape index (κ1) is 16.6. The highest BCUT2D eigenvalue weighted by molar-refractivity contribution is 6.43. The summed E-state index contributed by atoms with van der Waals surface area (Å²) in [5.41, 5.74) is 13.0. The molecule has 0 saturated heterocycles. The SMILES string of the molecule is CC(C)(C)NNc1ncnc(Nc2cccc(Cl)c2Cl)c1N. The van der Waals surface area contributed by atoms with E-state index in [2.05, 4.69) is 26.1 Å². The molecular formula is C14H18Cl2N6. The molecule has 0 radical (unpaired) electrons. The zero-order valence-corrected chi connectivity index (χ0v) is 14.0. The fraction of sp³-hybridized carbons (Fsp3) is 0.286. The second-order valence-corrected chi connectivity index (χ2v) is 6.50. The fourth-order valence-electron chi connectivity index (χ4n) is 1.57. The maximum atomic E-state index is 6.15. The summed E-state index contributed by atoms with van der Waals surface area (Å²) in [6, 6.07) is 5.28. The van der Waals surface area contributed by atoms with Gasteiger partial charge in [0.05, 0.1) is 15.7 Å². The molecule has 0 unspecified atom stereocenters. The van der Waals surface area contributed by atoms with Gasteiger partial charge in [-0.25, -0.2) is 15.4 Å². The summed E-state index contributed by atoms with van der Waals surface area (Å²) in [5, 5.41) is 3.92. The minimum Gasteiger partial charge on any atom is -0.393 e. The smallest absolute Gasteiger partial charge is 0.169 e. The predicted molar refractivity (Wildman–Crippen MR) is 92.7 cm³/mol. The van der Waals surface area contributed by atoms with Gasteiger partial charge >= 0.3 is 0 Å². The van der Waals surface area contributed by atoms with Crippen LogP contribution in [0, 0.1) is 0 Å². The van der Waals surface area contributed by atoms with Gasteiger partial charge in [0.2, 0.25) is 0 Å². The van der Waals surface area contributed by atoms with E-state index in [9.17, 15) is 0 Å². The standard InChI is InChI=1S/C14H18Cl2N6/c1-14(2,3)22-21-13-11(17)12(18-7-19-13)20-9-6-4-5-8(15)10(9)16/h4-7,22H,17H2,1-3H3,(H2,18,19,20,21). The van der Waals surface area contributed by atoms with Crippen molar-refractivity contribution in [3.63, 3.8) is 0 Å². The van der Waals surface area contributed by atoms with Crippen molar-refractivity contribution in [2.45, 2.75) is 26.3 Å². The number of anilines is 4. The molecule has 2 aromatic rings. The van der Waals surface area contributed by atoms with E-state index in [0.717, 1.165) is 0 Å². The lowest BCUT2D eigenvalue weighted by Crippen LogP contribution is -2.40. The Kier molecular flexibility index (Phi) is 4.95. The van der Waals surface area contributed by atoms with E-state index in [1.165, 1.54) is 6.33 Å². The van der Waals surface area contributed by atoms with E-state index < -0.39 is 0 Å². The van der Waals surface area contributed by atoms with Crippen molar-refractivity contribution in [2.24, 2.45) is 0 Å². The highest BCUT2D eigenvalue weighted by Crippen LogP contribution is 2.33. The number of hydrogen-bond donors (Lipinski definition) is 4. The Bertz CT molecular complexity index is 669. The van der Waals surface area contributed by atoms with Crippen LogP contribution < -0.4 is 21.9 Å². The number of halogens is 2. The van der Waals surface area contributed by atoms with Gasteiger partial charge in [0, 0.05) is 5.54 Å². The Balaban J connectivity index is 2.23. The Morgan fingerprint density at radius 2 is 1.77 bits per heavy atom. The molecule has 1 aromatic heterocycles. The van der Waals surface area contributed by atoms with E-state index in [-0.39, 0.29) is 5.54 Å².